The van der Waals surface area contributed by atoms with E-state index in [1.165, 1.54) is 22.8 Å². The maximum Gasteiger partial charge on any atom is 0.251 e. The summed E-state index contributed by atoms with van der Waals surface area (Å²) in [5, 5.41) is 0. The number of nitrogens with zero attached hydrogens (tertiary/aromatic N) is 3. The molecule has 2 aromatic carbocycles. The van der Waals surface area contributed by atoms with Crippen LogP contribution in [0.3, 0.4) is 0 Å². The summed E-state index contributed by atoms with van der Waals surface area (Å²) in [5.74, 6) is -0.706. The molecule has 0 unspecified atom stereocenters. The highest BCUT2D eigenvalue weighted by Crippen LogP contribution is 2.29. The van der Waals surface area contributed by atoms with Crippen LogP contribution in [0.25, 0.3) is 11.1 Å². The predicted molar refractivity (Wildman–Crippen MR) is 138 cm³/mol. The Morgan fingerprint density at radius 2 is 1.83 bits per heavy atom. The summed E-state index contributed by atoms with van der Waals surface area (Å²) in [6.07, 6.45) is 4.35. The van der Waals surface area contributed by atoms with Crippen LogP contribution < -0.4 is 10.3 Å². The van der Waals surface area contributed by atoms with Gasteiger partial charge >= 0.3 is 0 Å². The summed E-state index contributed by atoms with van der Waals surface area (Å²) in [6.45, 7) is 2.55. The van der Waals surface area contributed by atoms with Crippen molar-refractivity contribution in [3.63, 3.8) is 0 Å². The lowest BCUT2D eigenvalue weighted by Gasteiger charge is -2.14. The molecule has 0 spiro atoms. The molecule has 3 heterocycles. The Morgan fingerprint density at radius 3 is 2.58 bits per heavy atom. The third-order valence-electron chi connectivity index (χ3n) is 6.00. The number of nitrogens with one attached hydrogen (secondary N) is 1. The highest BCUT2D eigenvalue weighted by molar-refractivity contribution is 7.92. The molecule has 5 rings (SSSR count). The summed E-state index contributed by atoms with van der Waals surface area (Å²) in [5.41, 5.74) is 6.48. The molecule has 0 fully saturated rings. The maximum atomic E-state index is 14.3. The van der Waals surface area contributed by atoms with Crippen molar-refractivity contribution < 1.29 is 12.8 Å². The first-order chi connectivity index (χ1) is 17.2. The zero-order chi connectivity index (χ0) is 25.4. The van der Waals surface area contributed by atoms with Gasteiger partial charge in [-0.15, -0.1) is 0 Å². The van der Waals surface area contributed by atoms with Crippen molar-refractivity contribution in [3.05, 3.63) is 117 Å². The summed E-state index contributed by atoms with van der Waals surface area (Å²) in [6, 6.07) is 17.5. The first-order valence-corrected chi connectivity index (χ1v) is 13.1. The Labute approximate surface area is 208 Å². The van der Waals surface area contributed by atoms with Crippen molar-refractivity contribution in [1.82, 2.24) is 9.55 Å². The smallest absolute Gasteiger partial charge is 0.251 e. The van der Waals surface area contributed by atoms with Crippen LogP contribution in [0.5, 0.6) is 0 Å². The Balaban J connectivity index is 1.46. The zero-order valence-corrected chi connectivity index (χ0v) is 20.5. The molecule has 1 aliphatic heterocycles. The number of fused-ring (bicyclic) bond motifs is 1. The Bertz CT molecular complexity index is 1690. The molecule has 0 radical (unpaired) electrons. The largest absolute Gasteiger partial charge is 0.311 e. The Kier molecular flexibility index (Phi) is 6.01. The fourth-order valence-electron chi connectivity index (χ4n) is 4.31. The Morgan fingerprint density at radius 1 is 1.03 bits per heavy atom. The number of halogens is 1. The van der Waals surface area contributed by atoms with Gasteiger partial charge in [0.25, 0.3) is 5.56 Å². The number of anilines is 1. The lowest BCUT2D eigenvalue weighted by atomic mass is 9.96. The average molecular weight is 503 g/mol. The predicted octanol–water partition coefficient (Wildman–Crippen LogP) is 4.13. The van der Waals surface area contributed by atoms with E-state index in [-0.39, 0.29) is 17.8 Å². The molecule has 0 saturated carbocycles. The van der Waals surface area contributed by atoms with Crippen LogP contribution in [0.1, 0.15) is 27.9 Å². The first-order valence-electron chi connectivity index (χ1n) is 11.2. The van der Waals surface area contributed by atoms with Gasteiger partial charge in [-0.1, -0.05) is 24.3 Å². The van der Waals surface area contributed by atoms with Gasteiger partial charge in [-0.25, -0.2) is 12.8 Å². The topological polar surface area (TPSA) is 93.4 Å². The summed E-state index contributed by atoms with van der Waals surface area (Å²) < 4.78 is 41.3. The molecule has 7 nitrogen and oxygen atoms in total. The van der Waals surface area contributed by atoms with E-state index in [1.54, 1.807) is 18.5 Å². The van der Waals surface area contributed by atoms with E-state index in [9.17, 15) is 17.6 Å². The second kappa shape index (κ2) is 9.16. The summed E-state index contributed by atoms with van der Waals surface area (Å²) >= 11 is 0. The van der Waals surface area contributed by atoms with Crippen molar-refractivity contribution in [2.45, 2.75) is 20.0 Å². The molecule has 1 N–H and O–H groups in total. The van der Waals surface area contributed by atoms with Crippen LogP contribution in [0.15, 0.2) is 82.8 Å². The number of aryl methyl sites for hydroxylation is 1. The average Bonchev–Trinajstić information content (AvgIpc) is 3.25. The molecular formula is C27H23FN4O3S. The number of rotatable bonds is 6. The summed E-state index contributed by atoms with van der Waals surface area (Å²) in [4.78, 5) is 21.9. The SMILES string of the molecule is Cc1cc(C2=NCc3ccc(-c4ccn(Cc5cccc(F)c5NS(C)(=O)=O)c(=O)c4)cc32)ccn1. The minimum Gasteiger partial charge on any atom is -0.311 e. The Hall–Kier alpha value is -4.11. The van der Waals surface area contributed by atoms with E-state index in [0.29, 0.717) is 12.1 Å². The van der Waals surface area contributed by atoms with Crippen LogP contribution in [0, 0.1) is 12.7 Å². The molecule has 1 aliphatic rings. The van der Waals surface area contributed by atoms with E-state index in [1.807, 2.05) is 43.3 Å². The second-order valence-electron chi connectivity index (χ2n) is 8.75. The lowest BCUT2D eigenvalue weighted by Crippen LogP contribution is -2.21. The second-order valence-corrected chi connectivity index (χ2v) is 10.5. The van der Waals surface area contributed by atoms with Crippen molar-refractivity contribution >= 4 is 21.4 Å². The quantitative estimate of drug-likeness (QED) is 0.429. The van der Waals surface area contributed by atoms with E-state index in [2.05, 4.69) is 9.71 Å². The minimum atomic E-state index is -3.69. The minimum absolute atomic E-state index is 0.0110. The van der Waals surface area contributed by atoms with Crippen LogP contribution >= 0.6 is 0 Å². The van der Waals surface area contributed by atoms with E-state index < -0.39 is 15.8 Å². The first kappa shape index (κ1) is 23.6. The molecule has 0 amide bonds. The molecule has 182 valence electrons. The van der Waals surface area contributed by atoms with E-state index in [4.69, 9.17) is 4.99 Å². The fraction of sp³-hybridized carbons (Fsp3) is 0.148. The van der Waals surface area contributed by atoms with Gasteiger partial charge in [0.1, 0.15) is 5.82 Å². The monoisotopic (exact) mass is 502 g/mol. The number of hydrogen-bond donors (Lipinski definition) is 1. The van der Waals surface area contributed by atoms with Crippen LogP contribution in [0.2, 0.25) is 0 Å². The normalized spacial score (nSPS) is 12.8. The van der Waals surface area contributed by atoms with Crippen LogP contribution in [-0.4, -0.2) is 29.9 Å². The molecular weight excluding hydrogens is 479 g/mol. The van der Waals surface area contributed by atoms with Gasteiger partial charge in [-0.05, 0) is 59.5 Å². The number of para-hydroxylation sites is 1. The third-order valence-corrected chi connectivity index (χ3v) is 6.57. The highest BCUT2D eigenvalue weighted by Gasteiger charge is 2.19. The molecule has 0 bridgehead atoms. The molecule has 9 heteroatoms. The van der Waals surface area contributed by atoms with Gasteiger partial charge < -0.3 is 4.57 Å². The molecule has 36 heavy (non-hydrogen) atoms. The molecule has 2 aromatic heterocycles. The van der Waals surface area contributed by atoms with E-state index in [0.717, 1.165) is 45.5 Å². The fourth-order valence-corrected chi connectivity index (χ4v) is 4.90. The van der Waals surface area contributed by atoms with E-state index >= 15 is 0 Å². The van der Waals surface area contributed by atoms with Gasteiger partial charge in [-0.2, -0.15) is 0 Å². The van der Waals surface area contributed by atoms with Gasteiger partial charge in [0.05, 0.1) is 30.7 Å². The standard InChI is InChI=1S/C27H23FN4O3S/c1-17-12-20(8-10-29-17)26-23-13-18(6-7-21(23)15-30-26)19-9-11-32(25(33)14-19)16-22-4-3-5-24(28)27(22)31-36(2,34)35/h3-14,31H,15-16H2,1-2H3. The molecule has 0 saturated heterocycles. The van der Waals surface area contributed by atoms with Crippen molar-refractivity contribution in [3.8, 4) is 11.1 Å². The molecule has 0 atom stereocenters. The van der Waals surface area contributed by atoms with Crippen LogP contribution in [-0.2, 0) is 23.1 Å². The summed E-state index contributed by atoms with van der Waals surface area (Å²) in [7, 11) is -3.69. The lowest BCUT2D eigenvalue weighted by molar-refractivity contribution is 0.603. The zero-order valence-electron chi connectivity index (χ0n) is 19.7. The molecule has 0 aliphatic carbocycles. The highest BCUT2D eigenvalue weighted by atomic mass is 32.2. The number of sulfonamides is 1. The van der Waals surface area contributed by atoms with Gasteiger partial charge in [0.15, 0.2) is 0 Å². The maximum absolute atomic E-state index is 14.3. The number of pyridine rings is 2. The van der Waals surface area contributed by atoms with Gasteiger partial charge in [0.2, 0.25) is 10.0 Å². The number of hydrogen-bond acceptors (Lipinski definition) is 5. The molecule has 4 aromatic rings. The van der Waals surface area contributed by atoms with Crippen molar-refractivity contribution in [1.29, 1.82) is 0 Å². The number of aromatic nitrogens is 2. The van der Waals surface area contributed by atoms with Gasteiger partial charge in [0, 0.05) is 35.3 Å². The number of aliphatic imine (C=N–C) groups is 1. The van der Waals surface area contributed by atoms with Crippen LogP contribution in [0.4, 0.5) is 10.1 Å². The van der Waals surface area contributed by atoms with Gasteiger partial charge in [-0.3, -0.25) is 19.5 Å². The van der Waals surface area contributed by atoms with Crippen molar-refractivity contribution in [2.24, 2.45) is 4.99 Å². The number of benzene rings is 2. The van der Waals surface area contributed by atoms with Crippen molar-refractivity contribution in [2.75, 3.05) is 11.0 Å². The third kappa shape index (κ3) is 4.83.